The number of hydrogen-bond acceptors (Lipinski definition) is 5. The zero-order chi connectivity index (χ0) is 10.1. The van der Waals surface area contributed by atoms with Crippen LogP contribution in [0.15, 0.2) is 22.7 Å². The van der Waals surface area contributed by atoms with Gasteiger partial charge in [0.15, 0.2) is 0 Å². The summed E-state index contributed by atoms with van der Waals surface area (Å²) in [4.78, 5) is 3.85. The lowest BCUT2D eigenvalue weighted by Crippen LogP contribution is -1.87. The maximum atomic E-state index is 5.92. The minimum absolute atomic E-state index is 0.0768. The molecular weight excluding hydrogens is 204 g/mol. The van der Waals surface area contributed by atoms with Crippen LogP contribution in [0.5, 0.6) is 0 Å². The Kier molecular flexibility index (Phi) is 2.01. The molecule has 0 aliphatic rings. The minimum atomic E-state index is 0.0768. The van der Waals surface area contributed by atoms with E-state index in [0.717, 1.165) is 0 Å². The van der Waals surface area contributed by atoms with Crippen molar-refractivity contribution in [2.24, 2.45) is 0 Å². The highest BCUT2D eigenvalue weighted by atomic mass is 35.5. The monoisotopic (exact) mass is 210 g/mol. The van der Waals surface area contributed by atoms with Crippen LogP contribution < -0.4 is 11.5 Å². The number of rotatable bonds is 1. The predicted octanol–water partition coefficient (Wildman–Crippen LogP) is 1.55. The third-order valence-corrected chi connectivity index (χ3v) is 1.98. The van der Waals surface area contributed by atoms with Crippen molar-refractivity contribution in [1.29, 1.82) is 0 Å². The van der Waals surface area contributed by atoms with Gasteiger partial charge in [-0.05, 0) is 23.4 Å². The SMILES string of the molecule is Nc1ccc(-c2nc(N)no2)c(Cl)c1. The highest BCUT2D eigenvalue weighted by Crippen LogP contribution is 2.28. The maximum Gasteiger partial charge on any atom is 0.261 e. The molecule has 72 valence electrons. The number of benzene rings is 1. The average Bonchev–Trinajstić information content (AvgIpc) is 2.51. The van der Waals surface area contributed by atoms with E-state index in [9.17, 15) is 0 Å². The van der Waals surface area contributed by atoms with Crippen molar-refractivity contribution in [1.82, 2.24) is 10.1 Å². The van der Waals surface area contributed by atoms with Crippen molar-refractivity contribution < 1.29 is 4.52 Å². The summed E-state index contributed by atoms with van der Waals surface area (Å²) in [5, 5.41) is 3.91. The molecule has 0 atom stereocenters. The van der Waals surface area contributed by atoms with E-state index in [0.29, 0.717) is 16.3 Å². The van der Waals surface area contributed by atoms with Crippen LogP contribution in [0.2, 0.25) is 5.02 Å². The lowest BCUT2D eigenvalue weighted by molar-refractivity contribution is 0.433. The molecule has 0 aliphatic heterocycles. The van der Waals surface area contributed by atoms with Gasteiger partial charge in [-0.3, -0.25) is 0 Å². The first-order chi connectivity index (χ1) is 6.66. The molecule has 0 aliphatic carbocycles. The van der Waals surface area contributed by atoms with Gasteiger partial charge in [0.1, 0.15) is 0 Å². The minimum Gasteiger partial charge on any atom is -0.399 e. The molecule has 0 radical (unpaired) electrons. The largest absolute Gasteiger partial charge is 0.399 e. The number of nitrogens with zero attached hydrogens (tertiary/aromatic N) is 2. The fraction of sp³-hybridized carbons (Fsp3) is 0. The van der Waals surface area contributed by atoms with E-state index in [-0.39, 0.29) is 11.8 Å². The first kappa shape index (κ1) is 8.83. The molecule has 1 heterocycles. The summed E-state index contributed by atoms with van der Waals surface area (Å²) in [5.41, 5.74) is 12.0. The zero-order valence-electron chi connectivity index (χ0n) is 7.07. The van der Waals surface area contributed by atoms with Gasteiger partial charge in [-0.1, -0.05) is 11.6 Å². The third kappa shape index (κ3) is 1.49. The molecule has 4 N–H and O–H groups in total. The zero-order valence-corrected chi connectivity index (χ0v) is 7.82. The number of nitrogen functional groups attached to an aromatic ring is 2. The summed E-state index contributed by atoms with van der Waals surface area (Å²) in [6.45, 7) is 0. The van der Waals surface area contributed by atoms with Gasteiger partial charge in [0.2, 0.25) is 0 Å². The van der Waals surface area contributed by atoms with Crippen molar-refractivity contribution in [3.63, 3.8) is 0 Å². The second-order valence-electron chi connectivity index (χ2n) is 2.70. The number of aromatic nitrogens is 2. The molecule has 1 aromatic carbocycles. The number of nitrogens with two attached hydrogens (primary N) is 2. The van der Waals surface area contributed by atoms with Gasteiger partial charge < -0.3 is 16.0 Å². The predicted molar refractivity (Wildman–Crippen MR) is 53.6 cm³/mol. The second-order valence-corrected chi connectivity index (χ2v) is 3.10. The van der Waals surface area contributed by atoms with E-state index < -0.39 is 0 Å². The van der Waals surface area contributed by atoms with Crippen LogP contribution in [-0.2, 0) is 0 Å². The summed E-state index contributed by atoms with van der Waals surface area (Å²) in [7, 11) is 0. The number of hydrogen-bond donors (Lipinski definition) is 2. The Balaban J connectivity index is 2.52. The van der Waals surface area contributed by atoms with E-state index in [2.05, 4.69) is 10.1 Å². The van der Waals surface area contributed by atoms with Crippen LogP contribution in [0.1, 0.15) is 0 Å². The fourth-order valence-electron chi connectivity index (χ4n) is 1.05. The summed E-state index contributed by atoms with van der Waals surface area (Å²) in [5.74, 6) is 0.361. The molecule has 14 heavy (non-hydrogen) atoms. The number of halogens is 1. The topological polar surface area (TPSA) is 91.0 Å². The highest BCUT2D eigenvalue weighted by Gasteiger charge is 2.10. The van der Waals surface area contributed by atoms with Gasteiger partial charge in [-0.2, -0.15) is 4.98 Å². The van der Waals surface area contributed by atoms with E-state index in [4.69, 9.17) is 27.6 Å². The fourth-order valence-corrected chi connectivity index (χ4v) is 1.32. The van der Waals surface area contributed by atoms with Crippen LogP contribution >= 0.6 is 11.6 Å². The Bertz CT molecular complexity index is 468. The summed E-state index contributed by atoms with van der Waals surface area (Å²) in [6.07, 6.45) is 0. The molecule has 6 heteroatoms. The van der Waals surface area contributed by atoms with E-state index in [1.165, 1.54) is 0 Å². The van der Waals surface area contributed by atoms with Crippen LogP contribution in [-0.4, -0.2) is 10.1 Å². The quantitative estimate of drug-likeness (QED) is 0.697. The Morgan fingerprint density at radius 3 is 2.64 bits per heavy atom. The molecule has 0 saturated heterocycles. The molecule has 5 nitrogen and oxygen atoms in total. The molecule has 0 unspecified atom stereocenters. The van der Waals surface area contributed by atoms with Crippen LogP contribution in [0.3, 0.4) is 0 Å². The van der Waals surface area contributed by atoms with Gasteiger partial charge in [-0.25, -0.2) is 0 Å². The van der Waals surface area contributed by atoms with Gasteiger partial charge >= 0.3 is 0 Å². The normalized spacial score (nSPS) is 10.4. The molecular formula is C8H7ClN4O. The summed E-state index contributed by atoms with van der Waals surface area (Å²) < 4.78 is 4.86. The first-order valence-corrected chi connectivity index (χ1v) is 4.19. The molecule has 2 aromatic rings. The molecule has 0 spiro atoms. The second kappa shape index (κ2) is 3.19. The van der Waals surface area contributed by atoms with E-state index in [1.54, 1.807) is 18.2 Å². The highest BCUT2D eigenvalue weighted by molar-refractivity contribution is 6.33. The number of anilines is 2. The molecule has 2 rings (SSSR count). The smallest absolute Gasteiger partial charge is 0.261 e. The van der Waals surface area contributed by atoms with Crippen LogP contribution in [0.4, 0.5) is 11.6 Å². The Morgan fingerprint density at radius 1 is 1.29 bits per heavy atom. The standard InChI is InChI=1S/C8H7ClN4O/c9-6-3-4(10)1-2-5(6)7-12-8(11)13-14-7/h1-3H,10H2,(H2,11,13). The van der Waals surface area contributed by atoms with Crippen molar-refractivity contribution in [3.8, 4) is 11.5 Å². The lowest BCUT2D eigenvalue weighted by atomic mass is 10.2. The van der Waals surface area contributed by atoms with Gasteiger partial charge in [0.25, 0.3) is 11.8 Å². The molecule has 0 fully saturated rings. The molecule has 0 saturated carbocycles. The summed E-state index contributed by atoms with van der Waals surface area (Å²) in [6, 6.07) is 5.00. The molecule has 0 bridgehead atoms. The van der Waals surface area contributed by atoms with Gasteiger partial charge in [0.05, 0.1) is 10.6 Å². The molecule has 1 aromatic heterocycles. The van der Waals surface area contributed by atoms with Crippen molar-refractivity contribution in [2.75, 3.05) is 11.5 Å². The summed E-state index contributed by atoms with van der Waals surface area (Å²) >= 11 is 5.92. The van der Waals surface area contributed by atoms with Gasteiger partial charge in [0, 0.05) is 5.69 Å². The van der Waals surface area contributed by atoms with Crippen LogP contribution in [0, 0.1) is 0 Å². The third-order valence-electron chi connectivity index (χ3n) is 1.67. The average molecular weight is 211 g/mol. The molecule has 0 amide bonds. The van der Waals surface area contributed by atoms with E-state index >= 15 is 0 Å². The van der Waals surface area contributed by atoms with Crippen molar-refractivity contribution >= 4 is 23.2 Å². The Morgan fingerprint density at radius 2 is 2.07 bits per heavy atom. The van der Waals surface area contributed by atoms with Crippen molar-refractivity contribution in [2.45, 2.75) is 0 Å². The lowest BCUT2D eigenvalue weighted by Gasteiger charge is -1.98. The van der Waals surface area contributed by atoms with Crippen molar-refractivity contribution in [3.05, 3.63) is 23.2 Å². The van der Waals surface area contributed by atoms with E-state index in [1.807, 2.05) is 0 Å². The maximum absolute atomic E-state index is 5.92. The first-order valence-electron chi connectivity index (χ1n) is 3.81. The Hall–Kier alpha value is -1.75. The van der Waals surface area contributed by atoms with Gasteiger partial charge in [-0.15, -0.1) is 0 Å². The Labute approximate surface area is 84.7 Å². The van der Waals surface area contributed by atoms with Crippen LogP contribution in [0.25, 0.3) is 11.5 Å².